The molecule has 2 amide bonds. The summed E-state index contributed by atoms with van der Waals surface area (Å²) >= 11 is 1.51. The predicted octanol–water partition coefficient (Wildman–Crippen LogP) is 3.34. The second-order valence-corrected chi connectivity index (χ2v) is 6.05. The van der Waals surface area contributed by atoms with E-state index in [1.165, 1.54) is 16.2 Å². The molecule has 0 saturated heterocycles. The molecule has 20 heavy (non-hydrogen) atoms. The van der Waals surface area contributed by atoms with E-state index < -0.39 is 0 Å². The van der Waals surface area contributed by atoms with E-state index in [-0.39, 0.29) is 6.03 Å². The van der Waals surface area contributed by atoms with Gasteiger partial charge in [-0.2, -0.15) is 5.10 Å². The van der Waals surface area contributed by atoms with Gasteiger partial charge in [-0.25, -0.2) is 9.78 Å². The van der Waals surface area contributed by atoms with Crippen LogP contribution in [-0.2, 0) is 6.42 Å². The molecule has 6 nitrogen and oxygen atoms in total. The number of hydrogen-bond donors (Lipinski definition) is 3. The minimum absolute atomic E-state index is 0.273. The van der Waals surface area contributed by atoms with Crippen molar-refractivity contribution in [1.29, 1.82) is 0 Å². The van der Waals surface area contributed by atoms with Crippen molar-refractivity contribution in [3.63, 3.8) is 0 Å². The molecule has 0 aromatic carbocycles. The first-order valence-electron chi connectivity index (χ1n) is 6.82. The molecule has 3 N–H and O–H groups in total. The van der Waals surface area contributed by atoms with Crippen LogP contribution in [0, 0.1) is 0 Å². The number of hydrogen-bond acceptors (Lipinski definition) is 4. The maximum atomic E-state index is 11.9. The number of rotatable bonds is 5. The Bertz CT molecular complexity index is 601. The molecule has 0 aliphatic heterocycles. The summed E-state index contributed by atoms with van der Waals surface area (Å²) in [5.41, 5.74) is 1.78. The summed E-state index contributed by atoms with van der Waals surface area (Å²) in [6, 6.07) is -0.273. The molecule has 106 valence electrons. The third-order valence-electron chi connectivity index (χ3n) is 3.17. The van der Waals surface area contributed by atoms with Crippen LogP contribution >= 0.6 is 11.3 Å². The fourth-order valence-corrected chi connectivity index (χ4v) is 2.97. The van der Waals surface area contributed by atoms with Crippen LogP contribution in [0.2, 0.25) is 0 Å². The van der Waals surface area contributed by atoms with Gasteiger partial charge < -0.3 is 5.32 Å². The van der Waals surface area contributed by atoms with Gasteiger partial charge in [0.25, 0.3) is 0 Å². The van der Waals surface area contributed by atoms with Crippen molar-refractivity contribution in [3.05, 3.63) is 23.0 Å². The second kappa shape index (κ2) is 5.62. The lowest BCUT2D eigenvalue weighted by Gasteiger charge is -2.05. The van der Waals surface area contributed by atoms with Crippen molar-refractivity contribution < 1.29 is 4.79 Å². The molecule has 0 spiro atoms. The lowest BCUT2D eigenvalue weighted by atomic mass is 10.2. The van der Waals surface area contributed by atoms with Crippen LogP contribution in [0.4, 0.5) is 15.6 Å². The van der Waals surface area contributed by atoms with Crippen LogP contribution in [0.5, 0.6) is 0 Å². The number of nitrogens with one attached hydrogen (secondary N) is 3. The lowest BCUT2D eigenvalue weighted by Crippen LogP contribution is -2.19. The Balaban J connectivity index is 1.59. The first kappa shape index (κ1) is 13.1. The largest absolute Gasteiger partial charge is 0.325 e. The number of carbonyl (C=O) groups excluding carboxylic acids is 1. The quantitative estimate of drug-likeness (QED) is 0.790. The number of aryl methyl sites for hydroxylation is 1. The summed E-state index contributed by atoms with van der Waals surface area (Å²) in [6.07, 6.45) is 7.85. The normalized spacial score (nSPS) is 14.2. The highest BCUT2D eigenvalue weighted by atomic mass is 32.1. The molecule has 1 aliphatic carbocycles. The molecule has 2 heterocycles. The fourth-order valence-electron chi connectivity index (χ4n) is 2.06. The maximum absolute atomic E-state index is 11.9. The zero-order chi connectivity index (χ0) is 13.9. The molecule has 2 aromatic heterocycles. The minimum Gasteiger partial charge on any atom is -0.304 e. The molecule has 1 fully saturated rings. The highest BCUT2D eigenvalue weighted by Crippen LogP contribution is 2.42. The Morgan fingerprint density at radius 2 is 2.30 bits per heavy atom. The molecule has 0 unspecified atom stereocenters. The SMILES string of the molecule is CCCc1cnc(NC(=O)Nc2cn[nH]c2C2CC2)s1. The number of H-pyrrole nitrogens is 1. The number of nitrogens with zero attached hydrogens (tertiary/aromatic N) is 2. The summed E-state index contributed by atoms with van der Waals surface area (Å²) < 4.78 is 0. The number of carbonyl (C=O) groups is 1. The summed E-state index contributed by atoms with van der Waals surface area (Å²) in [5, 5.41) is 13.2. The van der Waals surface area contributed by atoms with Crippen molar-refractivity contribution in [2.75, 3.05) is 10.6 Å². The first-order valence-corrected chi connectivity index (χ1v) is 7.64. The minimum atomic E-state index is -0.273. The summed E-state index contributed by atoms with van der Waals surface area (Å²) in [7, 11) is 0. The fraction of sp³-hybridized carbons (Fsp3) is 0.462. The van der Waals surface area contributed by atoms with Gasteiger partial charge in [-0.05, 0) is 19.3 Å². The van der Waals surface area contributed by atoms with E-state index in [2.05, 4.69) is 32.7 Å². The number of amides is 2. The topological polar surface area (TPSA) is 82.7 Å². The Kier molecular flexibility index (Phi) is 3.68. The van der Waals surface area contributed by atoms with E-state index in [0.717, 1.165) is 37.1 Å². The van der Waals surface area contributed by atoms with E-state index in [0.29, 0.717) is 11.0 Å². The van der Waals surface area contributed by atoms with Crippen LogP contribution in [0.25, 0.3) is 0 Å². The molecular weight excluding hydrogens is 274 g/mol. The lowest BCUT2D eigenvalue weighted by molar-refractivity contribution is 0.262. The van der Waals surface area contributed by atoms with Gasteiger partial charge >= 0.3 is 6.03 Å². The van der Waals surface area contributed by atoms with Crippen LogP contribution in [0.1, 0.15) is 42.7 Å². The molecule has 1 aliphatic rings. The monoisotopic (exact) mass is 291 g/mol. The summed E-state index contributed by atoms with van der Waals surface area (Å²) in [4.78, 5) is 17.3. The van der Waals surface area contributed by atoms with Crippen LogP contribution in [0.15, 0.2) is 12.4 Å². The van der Waals surface area contributed by atoms with Gasteiger partial charge in [0.15, 0.2) is 5.13 Å². The van der Waals surface area contributed by atoms with Crippen LogP contribution in [0.3, 0.4) is 0 Å². The Morgan fingerprint density at radius 3 is 3.05 bits per heavy atom. The molecule has 0 atom stereocenters. The van der Waals surface area contributed by atoms with Gasteiger partial charge in [0.05, 0.1) is 17.6 Å². The maximum Gasteiger partial charge on any atom is 0.325 e. The molecule has 7 heteroatoms. The Morgan fingerprint density at radius 1 is 1.45 bits per heavy atom. The van der Waals surface area contributed by atoms with E-state index >= 15 is 0 Å². The zero-order valence-corrected chi connectivity index (χ0v) is 12.1. The van der Waals surface area contributed by atoms with Crippen LogP contribution in [-0.4, -0.2) is 21.2 Å². The third kappa shape index (κ3) is 2.98. The van der Waals surface area contributed by atoms with E-state index in [4.69, 9.17) is 0 Å². The third-order valence-corrected chi connectivity index (χ3v) is 4.15. The van der Waals surface area contributed by atoms with Crippen LogP contribution < -0.4 is 10.6 Å². The standard InChI is InChI=1S/C13H17N5OS/c1-2-3-9-6-14-13(20-9)17-12(19)16-10-7-15-18-11(10)8-4-5-8/h6-8H,2-5H2,1H3,(H,15,18)(H2,14,16,17,19). The number of aromatic nitrogens is 3. The van der Waals surface area contributed by atoms with Crippen molar-refractivity contribution in [2.24, 2.45) is 0 Å². The van der Waals surface area contributed by atoms with Gasteiger partial charge in [0.1, 0.15) is 0 Å². The Labute approximate surface area is 121 Å². The zero-order valence-electron chi connectivity index (χ0n) is 11.3. The molecule has 2 aromatic rings. The van der Waals surface area contributed by atoms with E-state index in [1.54, 1.807) is 6.20 Å². The second-order valence-electron chi connectivity index (χ2n) is 4.93. The molecule has 0 bridgehead atoms. The molecule has 1 saturated carbocycles. The van der Waals surface area contributed by atoms with Crippen molar-refractivity contribution >= 4 is 28.2 Å². The van der Waals surface area contributed by atoms with Gasteiger partial charge in [0.2, 0.25) is 0 Å². The number of urea groups is 1. The summed E-state index contributed by atoms with van der Waals surface area (Å²) in [6.45, 7) is 2.12. The molecule has 0 radical (unpaired) electrons. The number of thiazole rings is 1. The van der Waals surface area contributed by atoms with Gasteiger partial charge in [-0.15, -0.1) is 11.3 Å². The summed E-state index contributed by atoms with van der Waals surface area (Å²) in [5.74, 6) is 0.517. The van der Waals surface area contributed by atoms with Gasteiger partial charge in [-0.3, -0.25) is 10.4 Å². The average Bonchev–Trinajstić information content (AvgIpc) is 3.01. The van der Waals surface area contributed by atoms with Gasteiger partial charge in [0, 0.05) is 17.0 Å². The highest BCUT2D eigenvalue weighted by molar-refractivity contribution is 7.15. The average molecular weight is 291 g/mol. The highest BCUT2D eigenvalue weighted by Gasteiger charge is 2.28. The van der Waals surface area contributed by atoms with Crippen molar-refractivity contribution in [2.45, 2.75) is 38.5 Å². The number of anilines is 2. The van der Waals surface area contributed by atoms with E-state index in [1.807, 2.05) is 6.20 Å². The van der Waals surface area contributed by atoms with Gasteiger partial charge in [-0.1, -0.05) is 13.3 Å². The van der Waals surface area contributed by atoms with Crippen molar-refractivity contribution in [3.8, 4) is 0 Å². The van der Waals surface area contributed by atoms with Crippen molar-refractivity contribution in [1.82, 2.24) is 15.2 Å². The van der Waals surface area contributed by atoms with E-state index in [9.17, 15) is 4.79 Å². The number of aromatic amines is 1. The molecule has 3 rings (SSSR count). The molecular formula is C13H17N5OS. The first-order chi connectivity index (χ1) is 9.76. The Hall–Kier alpha value is -1.89. The smallest absolute Gasteiger partial charge is 0.304 e. The predicted molar refractivity (Wildman–Crippen MR) is 79.3 cm³/mol.